The number of halogens is 1. The van der Waals surface area contributed by atoms with Crippen LogP contribution < -0.4 is 10.3 Å². The van der Waals surface area contributed by atoms with Crippen molar-refractivity contribution in [3.63, 3.8) is 0 Å². The number of carbonyl (C=O) groups excluding carboxylic acids is 1. The molecule has 1 amide bonds. The molecule has 0 atom stereocenters. The van der Waals surface area contributed by atoms with Gasteiger partial charge in [0.2, 0.25) is 5.43 Å². The van der Waals surface area contributed by atoms with E-state index in [1.807, 2.05) is 0 Å². The quantitative estimate of drug-likeness (QED) is 0.577. The molecular formula is C25H22FN3O6. The second-order valence-electron chi connectivity index (χ2n) is 8.77. The summed E-state index contributed by atoms with van der Waals surface area (Å²) >= 11 is 0. The van der Waals surface area contributed by atoms with E-state index < -0.39 is 29.1 Å². The highest BCUT2D eigenvalue weighted by Gasteiger charge is 2.30. The fourth-order valence-corrected chi connectivity index (χ4v) is 4.59. The first-order valence-electron chi connectivity index (χ1n) is 11.2. The molecule has 1 aliphatic heterocycles. The third-order valence-corrected chi connectivity index (χ3v) is 6.57. The number of hydrogen-bond acceptors (Lipinski definition) is 5. The molecule has 180 valence electrons. The standard InChI is InChI=1S/C25H22FN3O6/c26-19-11-17-20(29(14-5-6-14)13-18(22(17)30)25(34)35)12-21(19)27-7-9-28(10-8-27)23(31)15-3-1-2-4-16(15)24(32)33/h1-4,11-14H,5-10H2,(H,32,33)(H,34,35). The SMILES string of the molecule is O=C(O)c1ccccc1C(=O)N1CCN(c2cc3c(cc2F)c(=O)c(C(=O)O)cn3C2CC2)CC1. The number of carbonyl (C=O) groups is 3. The third-order valence-electron chi connectivity index (χ3n) is 6.57. The normalized spacial score (nSPS) is 15.9. The molecule has 3 aromatic rings. The average Bonchev–Trinajstić information content (AvgIpc) is 3.69. The lowest BCUT2D eigenvalue weighted by atomic mass is 10.1. The van der Waals surface area contributed by atoms with Crippen LogP contribution >= 0.6 is 0 Å². The van der Waals surface area contributed by atoms with Crippen molar-refractivity contribution in [3.8, 4) is 0 Å². The third kappa shape index (κ3) is 4.01. The Hall–Kier alpha value is -4.21. The van der Waals surface area contributed by atoms with Gasteiger partial charge in [-0.25, -0.2) is 14.0 Å². The molecular weight excluding hydrogens is 457 g/mol. The van der Waals surface area contributed by atoms with Crippen LogP contribution in [0.5, 0.6) is 0 Å². The molecule has 5 rings (SSSR count). The highest BCUT2D eigenvalue weighted by Crippen LogP contribution is 2.38. The summed E-state index contributed by atoms with van der Waals surface area (Å²) < 4.78 is 16.9. The van der Waals surface area contributed by atoms with Crippen LogP contribution in [0.25, 0.3) is 10.9 Å². The summed E-state index contributed by atoms with van der Waals surface area (Å²) in [5, 5.41) is 18.8. The lowest BCUT2D eigenvalue weighted by Gasteiger charge is -2.36. The van der Waals surface area contributed by atoms with Gasteiger partial charge in [-0.1, -0.05) is 12.1 Å². The van der Waals surface area contributed by atoms with Gasteiger partial charge >= 0.3 is 11.9 Å². The van der Waals surface area contributed by atoms with Crippen LogP contribution in [0.15, 0.2) is 47.4 Å². The van der Waals surface area contributed by atoms with Crippen LogP contribution in [0.2, 0.25) is 0 Å². The highest BCUT2D eigenvalue weighted by molar-refractivity contribution is 6.04. The zero-order valence-electron chi connectivity index (χ0n) is 18.6. The van der Waals surface area contributed by atoms with Gasteiger partial charge in [0.25, 0.3) is 5.91 Å². The summed E-state index contributed by atoms with van der Waals surface area (Å²) in [6.45, 7) is 1.14. The summed E-state index contributed by atoms with van der Waals surface area (Å²) in [4.78, 5) is 51.9. The number of amides is 1. The van der Waals surface area contributed by atoms with Crippen molar-refractivity contribution in [2.24, 2.45) is 0 Å². The van der Waals surface area contributed by atoms with Gasteiger partial charge in [-0.2, -0.15) is 0 Å². The van der Waals surface area contributed by atoms with Gasteiger partial charge in [0, 0.05) is 43.8 Å². The van der Waals surface area contributed by atoms with Crippen LogP contribution in [-0.4, -0.2) is 63.7 Å². The fourth-order valence-electron chi connectivity index (χ4n) is 4.59. The van der Waals surface area contributed by atoms with E-state index in [0.717, 1.165) is 18.9 Å². The molecule has 2 aliphatic rings. The van der Waals surface area contributed by atoms with Gasteiger partial charge < -0.3 is 24.6 Å². The molecule has 2 heterocycles. The van der Waals surface area contributed by atoms with E-state index in [4.69, 9.17) is 0 Å². The Labute approximate surface area is 198 Å². The van der Waals surface area contributed by atoms with E-state index in [-0.39, 0.29) is 46.9 Å². The molecule has 35 heavy (non-hydrogen) atoms. The molecule has 2 aromatic carbocycles. The van der Waals surface area contributed by atoms with Crippen LogP contribution in [-0.2, 0) is 0 Å². The number of rotatable bonds is 5. The van der Waals surface area contributed by atoms with E-state index in [1.165, 1.54) is 23.2 Å². The first-order chi connectivity index (χ1) is 16.8. The largest absolute Gasteiger partial charge is 0.478 e. The number of piperazine rings is 1. The van der Waals surface area contributed by atoms with Crippen molar-refractivity contribution in [1.82, 2.24) is 9.47 Å². The minimum atomic E-state index is -1.35. The van der Waals surface area contributed by atoms with Crippen LogP contribution in [0, 0.1) is 5.82 Å². The number of aromatic nitrogens is 1. The van der Waals surface area contributed by atoms with Crippen molar-refractivity contribution in [1.29, 1.82) is 0 Å². The van der Waals surface area contributed by atoms with Gasteiger partial charge in [-0.3, -0.25) is 9.59 Å². The maximum absolute atomic E-state index is 15.1. The summed E-state index contributed by atoms with van der Waals surface area (Å²) in [5.74, 6) is -3.57. The lowest BCUT2D eigenvalue weighted by molar-refractivity contribution is 0.0671. The van der Waals surface area contributed by atoms with E-state index in [0.29, 0.717) is 18.6 Å². The molecule has 9 nitrogen and oxygen atoms in total. The summed E-state index contributed by atoms with van der Waals surface area (Å²) in [7, 11) is 0. The molecule has 1 aromatic heterocycles. The Morgan fingerprint density at radius 1 is 0.886 bits per heavy atom. The molecule has 0 radical (unpaired) electrons. The minimum Gasteiger partial charge on any atom is -0.478 e. The molecule has 1 aliphatic carbocycles. The summed E-state index contributed by atoms with van der Waals surface area (Å²) in [6, 6.07) is 8.76. The number of anilines is 1. The van der Waals surface area contributed by atoms with Gasteiger partial charge in [0.05, 0.1) is 22.3 Å². The number of hydrogen-bond donors (Lipinski definition) is 2. The van der Waals surface area contributed by atoms with Gasteiger partial charge in [0.15, 0.2) is 0 Å². The summed E-state index contributed by atoms with van der Waals surface area (Å²) in [6.07, 6.45) is 3.04. The molecule has 1 saturated heterocycles. The zero-order valence-corrected chi connectivity index (χ0v) is 18.6. The Balaban J connectivity index is 1.43. The van der Waals surface area contributed by atoms with Gasteiger partial charge in [-0.15, -0.1) is 0 Å². The molecule has 2 fully saturated rings. The van der Waals surface area contributed by atoms with Crippen molar-refractivity contribution >= 4 is 34.4 Å². The maximum atomic E-state index is 15.1. The number of fused-ring (bicyclic) bond motifs is 1. The van der Waals surface area contributed by atoms with Gasteiger partial charge in [0.1, 0.15) is 11.4 Å². The number of carboxylic acids is 2. The van der Waals surface area contributed by atoms with Crippen LogP contribution in [0.3, 0.4) is 0 Å². The van der Waals surface area contributed by atoms with Crippen molar-refractivity contribution < 1.29 is 29.0 Å². The minimum absolute atomic E-state index is 0.0251. The van der Waals surface area contributed by atoms with Gasteiger partial charge in [-0.05, 0) is 37.1 Å². The first-order valence-corrected chi connectivity index (χ1v) is 11.2. The van der Waals surface area contributed by atoms with Crippen molar-refractivity contribution in [2.45, 2.75) is 18.9 Å². The Kier molecular flexibility index (Phi) is 5.50. The topological polar surface area (TPSA) is 120 Å². The predicted molar refractivity (Wildman–Crippen MR) is 125 cm³/mol. The number of pyridine rings is 1. The van der Waals surface area contributed by atoms with Crippen molar-refractivity contribution in [2.75, 3.05) is 31.1 Å². The first kappa shape index (κ1) is 22.6. The fraction of sp³-hybridized carbons (Fsp3) is 0.280. The number of carboxylic acid groups (broad SMARTS) is 2. The number of benzene rings is 2. The van der Waals surface area contributed by atoms with E-state index in [9.17, 15) is 29.4 Å². The Bertz CT molecular complexity index is 1440. The van der Waals surface area contributed by atoms with E-state index >= 15 is 4.39 Å². The van der Waals surface area contributed by atoms with E-state index in [1.54, 1.807) is 27.7 Å². The second-order valence-corrected chi connectivity index (χ2v) is 8.77. The molecule has 2 N–H and O–H groups in total. The molecule has 0 bridgehead atoms. The second kappa shape index (κ2) is 8.53. The average molecular weight is 479 g/mol. The Morgan fingerprint density at radius 3 is 2.11 bits per heavy atom. The summed E-state index contributed by atoms with van der Waals surface area (Å²) in [5.41, 5.74) is -0.319. The monoisotopic (exact) mass is 479 g/mol. The predicted octanol–water partition coefficient (Wildman–Crippen LogP) is 2.83. The number of aromatic carboxylic acids is 2. The Morgan fingerprint density at radius 2 is 1.51 bits per heavy atom. The van der Waals surface area contributed by atoms with Crippen LogP contribution in [0.1, 0.15) is 50.0 Å². The zero-order chi connectivity index (χ0) is 24.9. The number of nitrogens with zero attached hydrogens (tertiary/aromatic N) is 3. The lowest BCUT2D eigenvalue weighted by Crippen LogP contribution is -2.49. The molecule has 1 saturated carbocycles. The van der Waals surface area contributed by atoms with Crippen molar-refractivity contribution in [3.05, 3.63) is 75.3 Å². The molecule has 0 spiro atoms. The molecule has 10 heteroatoms. The highest BCUT2D eigenvalue weighted by atomic mass is 19.1. The van der Waals surface area contributed by atoms with Crippen LogP contribution in [0.4, 0.5) is 10.1 Å². The smallest absolute Gasteiger partial charge is 0.341 e. The maximum Gasteiger partial charge on any atom is 0.341 e. The molecule has 0 unspecified atom stereocenters. The van der Waals surface area contributed by atoms with E-state index in [2.05, 4.69) is 0 Å².